The number of carbonyl (C=O) groups excluding carboxylic acids is 1. The van der Waals surface area contributed by atoms with Gasteiger partial charge < -0.3 is 16.0 Å². The molecule has 3 heterocycles. The van der Waals surface area contributed by atoms with Gasteiger partial charge in [0.1, 0.15) is 5.82 Å². The fraction of sp³-hybridized carbons (Fsp3) is 0.222. The normalized spacial score (nSPS) is 16.3. The first kappa shape index (κ1) is 16.4. The largest absolute Gasteiger partial charge is 0.348 e. The zero-order chi connectivity index (χ0) is 17.9. The fourth-order valence-corrected chi connectivity index (χ4v) is 3.76. The third-order valence-corrected chi connectivity index (χ3v) is 5.10. The van der Waals surface area contributed by atoms with Gasteiger partial charge in [0.05, 0.1) is 21.8 Å². The van der Waals surface area contributed by atoms with Crippen LogP contribution in [-0.2, 0) is 0 Å². The Balaban J connectivity index is 1.51. The first-order chi connectivity index (χ1) is 12.7. The number of nitrogens with zero attached hydrogens (tertiary/aromatic N) is 3. The Bertz CT molecular complexity index is 1000. The van der Waals surface area contributed by atoms with Gasteiger partial charge in [-0.1, -0.05) is 11.3 Å². The molecule has 0 spiro atoms. The Labute approximate surface area is 154 Å². The Morgan fingerprint density at radius 1 is 1.35 bits per heavy atom. The maximum absolute atomic E-state index is 12.4. The molecule has 0 saturated carbocycles. The molecule has 0 bridgehead atoms. The van der Waals surface area contributed by atoms with Crippen molar-refractivity contribution in [2.24, 2.45) is 0 Å². The van der Waals surface area contributed by atoms with E-state index in [0.717, 1.165) is 29.7 Å². The number of nitrogens with one attached hydrogen (secondary N) is 3. The van der Waals surface area contributed by atoms with Crippen molar-refractivity contribution >= 4 is 38.4 Å². The van der Waals surface area contributed by atoms with E-state index in [1.165, 1.54) is 11.3 Å². The molecule has 1 fully saturated rings. The van der Waals surface area contributed by atoms with Crippen LogP contribution in [0.4, 0.5) is 10.9 Å². The van der Waals surface area contributed by atoms with E-state index in [1.54, 1.807) is 24.4 Å². The third kappa shape index (κ3) is 3.49. The number of fused-ring (bicyclic) bond motifs is 1. The van der Waals surface area contributed by atoms with Gasteiger partial charge in [0, 0.05) is 24.3 Å². The highest BCUT2D eigenvalue weighted by atomic mass is 32.1. The van der Waals surface area contributed by atoms with Crippen LogP contribution in [0.15, 0.2) is 36.5 Å². The second kappa shape index (κ2) is 7.07. The average molecular weight is 364 g/mol. The molecule has 0 aliphatic carbocycles. The first-order valence-electron chi connectivity index (χ1n) is 8.26. The lowest BCUT2D eigenvalue weighted by Crippen LogP contribution is -2.36. The van der Waals surface area contributed by atoms with Crippen LogP contribution in [-0.4, -0.2) is 35.0 Å². The Morgan fingerprint density at radius 3 is 3.08 bits per heavy atom. The fourth-order valence-electron chi connectivity index (χ4n) is 2.84. The van der Waals surface area contributed by atoms with Gasteiger partial charge in [-0.15, -0.1) is 0 Å². The van der Waals surface area contributed by atoms with Crippen molar-refractivity contribution < 1.29 is 4.79 Å². The number of rotatable bonds is 4. The summed E-state index contributed by atoms with van der Waals surface area (Å²) < 4.78 is 0.925. The van der Waals surface area contributed by atoms with Crippen LogP contribution in [0.25, 0.3) is 10.2 Å². The molecule has 1 atom stereocenters. The molecule has 1 saturated heterocycles. The number of benzene rings is 1. The summed E-state index contributed by atoms with van der Waals surface area (Å²) in [6.07, 6.45) is 2.55. The van der Waals surface area contributed by atoms with Gasteiger partial charge in [0.2, 0.25) is 0 Å². The van der Waals surface area contributed by atoms with Crippen molar-refractivity contribution in [2.75, 3.05) is 18.4 Å². The predicted molar refractivity (Wildman–Crippen MR) is 101 cm³/mol. The number of thiazole rings is 1. The first-order valence-corrected chi connectivity index (χ1v) is 9.08. The molecule has 2 aromatic heterocycles. The van der Waals surface area contributed by atoms with Gasteiger partial charge in [0.15, 0.2) is 5.13 Å². The molecule has 3 aromatic rings. The maximum atomic E-state index is 12.4. The van der Waals surface area contributed by atoms with Gasteiger partial charge in [0.25, 0.3) is 5.91 Å². The number of hydrogen-bond donors (Lipinski definition) is 3. The molecular weight excluding hydrogens is 348 g/mol. The van der Waals surface area contributed by atoms with Crippen molar-refractivity contribution in [3.05, 3.63) is 47.7 Å². The average Bonchev–Trinajstić information content (AvgIpc) is 3.30. The number of anilines is 2. The number of aromatic nitrogens is 2. The predicted octanol–water partition coefficient (Wildman–Crippen LogP) is 2.40. The van der Waals surface area contributed by atoms with Crippen molar-refractivity contribution in [3.63, 3.8) is 0 Å². The highest BCUT2D eigenvalue weighted by molar-refractivity contribution is 7.22. The lowest BCUT2D eigenvalue weighted by atomic mass is 10.2. The van der Waals surface area contributed by atoms with Gasteiger partial charge in [-0.2, -0.15) is 5.26 Å². The standard InChI is InChI=1S/C18H16N6OS/c19-9-11-1-2-14-15(7-11)26-18(23-14)24-16-8-12(3-6-21-16)17(25)22-13-4-5-20-10-13/h1-3,6-8,13,20H,4-5,10H2,(H,22,25)(H,21,23,24). The topological polar surface area (TPSA) is 103 Å². The summed E-state index contributed by atoms with van der Waals surface area (Å²) in [6, 6.07) is 11.1. The number of pyridine rings is 1. The summed E-state index contributed by atoms with van der Waals surface area (Å²) in [7, 11) is 0. The van der Waals surface area contributed by atoms with Crippen molar-refractivity contribution in [1.82, 2.24) is 20.6 Å². The van der Waals surface area contributed by atoms with E-state index < -0.39 is 0 Å². The van der Waals surface area contributed by atoms with Crippen LogP contribution in [0, 0.1) is 11.3 Å². The van der Waals surface area contributed by atoms with Crippen molar-refractivity contribution in [1.29, 1.82) is 5.26 Å². The molecule has 1 unspecified atom stereocenters. The van der Waals surface area contributed by atoms with Gasteiger partial charge >= 0.3 is 0 Å². The summed E-state index contributed by atoms with van der Waals surface area (Å²) in [4.78, 5) is 21.1. The van der Waals surface area contributed by atoms with E-state index in [-0.39, 0.29) is 11.9 Å². The second-order valence-electron chi connectivity index (χ2n) is 6.03. The minimum Gasteiger partial charge on any atom is -0.348 e. The third-order valence-electron chi connectivity index (χ3n) is 4.17. The van der Waals surface area contributed by atoms with E-state index in [0.29, 0.717) is 22.1 Å². The molecule has 1 aliphatic rings. The summed E-state index contributed by atoms with van der Waals surface area (Å²) in [5.41, 5.74) is 1.98. The molecule has 7 nitrogen and oxygen atoms in total. The van der Waals surface area contributed by atoms with Gasteiger partial charge in [-0.05, 0) is 43.3 Å². The van der Waals surface area contributed by atoms with Crippen LogP contribution in [0.5, 0.6) is 0 Å². The van der Waals surface area contributed by atoms with Gasteiger partial charge in [-0.3, -0.25) is 4.79 Å². The summed E-state index contributed by atoms with van der Waals surface area (Å²) in [5.74, 6) is 0.453. The molecule has 4 rings (SSSR count). The zero-order valence-corrected chi connectivity index (χ0v) is 14.6. The van der Waals surface area contributed by atoms with Crippen LogP contribution in [0.2, 0.25) is 0 Å². The summed E-state index contributed by atoms with van der Waals surface area (Å²) in [5, 5.41) is 19.0. The molecule has 0 radical (unpaired) electrons. The minimum absolute atomic E-state index is 0.105. The Morgan fingerprint density at radius 2 is 2.27 bits per heavy atom. The molecule has 130 valence electrons. The SMILES string of the molecule is N#Cc1ccc2nc(Nc3cc(C(=O)NC4CCNC4)ccn3)sc2c1. The monoisotopic (exact) mass is 364 g/mol. The molecule has 1 aromatic carbocycles. The van der Waals surface area contributed by atoms with Gasteiger partial charge in [-0.25, -0.2) is 9.97 Å². The van der Waals surface area contributed by atoms with E-state index >= 15 is 0 Å². The molecule has 3 N–H and O–H groups in total. The molecule has 26 heavy (non-hydrogen) atoms. The van der Waals surface area contributed by atoms with E-state index in [9.17, 15) is 4.79 Å². The van der Waals surface area contributed by atoms with Crippen LogP contribution in [0.1, 0.15) is 22.3 Å². The van der Waals surface area contributed by atoms with Crippen molar-refractivity contribution in [3.8, 4) is 6.07 Å². The molecular formula is C18H16N6OS. The smallest absolute Gasteiger partial charge is 0.251 e. The van der Waals surface area contributed by atoms with Crippen LogP contribution >= 0.6 is 11.3 Å². The quantitative estimate of drug-likeness (QED) is 0.657. The van der Waals surface area contributed by atoms with E-state index in [2.05, 4.69) is 32.0 Å². The highest BCUT2D eigenvalue weighted by Gasteiger charge is 2.18. The van der Waals surface area contributed by atoms with Crippen molar-refractivity contribution in [2.45, 2.75) is 12.5 Å². The second-order valence-corrected chi connectivity index (χ2v) is 7.06. The molecule has 1 aliphatic heterocycles. The van der Waals surface area contributed by atoms with Crippen LogP contribution < -0.4 is 16.0 Å². The Hall–Kier alpha value is -3.02. The number of amides is 1. The highest BCUT2D eigenvalue weighted by Crippen LogP contribution is 2.28. The number of carbonyl (C=O) groups is 1. The molecule has 8 heteroatoms. The maximum Gasteiger partial charge on any atom is 0.251 e. The van der Waals surface area contributed by atoms with E-state index in [1.807, 2.05) is 12.1 Å². The molecule has 1 amide bonds. The van der Waals surface area contributed by atoms with E-state index in [4.69, 9.17) is 5.26 Å². The minimum atomic E-state index is -0.105. The number of hydrogen-bond acceptors (Lipinski definition) is 7. The number of nitriles is 1. The lowest BCUT2D eigenvalue weighted by molar-refractivity contribution is 0.0940. The summed E-state index contributed by atoms with van der Waals surface area (Å²) in [6.45, 7) is 1.73. The Kier molecular flexibility index (Phi) is 4.48. The summed E-state index contributed by atoms with van der Waals surface area (Å²) >= 11 is 1.44. The van der Waals surface area contributed by atoms with Crippen LogP contribution in [0.3, 0.4) is 0 Å². The lowest BCUT2D eigenvalue weighted by Gasteiger charge is -2.11. The zero-order valence-electron chi connectivity index (χ0n) is 13.8.